The number of benzene rings is 1. The maximum absolute atomic E-state index is 6.10. The Morgan fingerprint density at radius 3 is 2.77 bits per heavy atom. The lowest BCUT2D eigenvalue weighted by atomic mass is 10.2. The minimum Gasteiger partial charge on any atom is -0.461 e. The summed E-state index contributed by atoms with van der Waals surface area (Å²) in [6.45, 7) is 5.49. The van der Waals surface area contributed by atoms with Crippen molar-refractivity contribution in [3.8, 4) is 11.6 Å². The number of nitrogens with one attached hydrogen (secondary N) is 2. The molecule has 0 amide bonds. The Morgan fingerprint density at radius 2 is 2.06 bits per heavy atom. The van der Waals surface area contributed by atoms with Gasteiger partial charge in [-0.1, -0.05) is 23.7 Å². The van der Waals surface area contributed by atoms with Crippen molar-refractivity contribution >= 4 is 41.5 Å². The van der Waals surface area contributed by atoms with Crippen molar-refractivity contribution in [2.45, 2.75) is 13.0 Å². The first-order chi connectivity index (χ1) is 14.7. The van der Waals surface area contributed by atoms with Crippen LogP contribution in [0.4, 0.5) is 0 Å². The van der Waals surface area contributed by atoms with Crippen molar-refractivity contribution in [1.82, 2.24) is 30.3 Å². The van der Waals surface area contributed by atoms with E-state index in [2.05, 4.69) is 41.4 Å². The molecule has 1 aromatic carbocycles. The summed E-state index contributed by atoms with van der Waals surface area (Å²) in [7, 11) is 1.82. The number of hydrogen-bond acceptors (Lipinski definition) is 5. The van der Waals surface area contributed by atoms with Gasteiger partial charge >= 0.3 is 0 Å². The second kappa shape index (κ2) is 11.5. The Bertz CT molecular complexity index is 968. The Balaban J connectivity index is 0.00000272. The van der Waals surface area contributed by atoms with Crippen LogP contribution in [0.3, 0.4) is 0 Å². The number of furan rings is 1. The van der Waals surface area contributed by atoms with E-state index in [-0.39, 0.29) is 24.0 Å². The Hall–Kier alpha value is -2.11. The Labute approximate surface area is 204 Å². The highest BCUT2D eigenvalue weighted by atomic mass is 127. The first-order valence-electron chi connectivity index (χ1n) is 10.1. The molecule has 0 radical (unpaired) electrons. The molecule has 0 atom stereocenters. The SMILES string of the molecule is CN=C(NCCc1nc(-c2ccco2)n[nH]1)N1CCN(Cc2cccc(Cl)c2)CC1.I. The maximum Gasteiger partial charge on any atom is 0.216 e. The van der Waals surface area contributed by atoms with Crippen LogP contribution in [0.25, 0.3) is 11.6 Å². The number of guanidine groups is 1. The molecule has 10 heteroatoms. The molecule has 0 saturated carbocycles. The number of rotatable bonds is 6. The van der Waals surface area contributed by atoms with E-state index in [1.54, 1.807) is 6.26 Å². The van der Waals surface area contributed by atoms with Crippen molar-refractivity contribution in [2.75, 3.05) is 39.8 Å². The fourth-order valence-corrected chi connectivity index (χ4v) is 3.77. The molecule has 8 nitrogen and oxygen atoms in total. The quantitative estimate of drug-likeness (QED) is 0.276. The van der Waals surface area contributed by atoms with Crippen molar-refractivity contribution in [1.29, 1.82) is 0 Å². The molecule has 0 aliphatic carbocycles. The van der Waals surface area contributed by atoms with E-state index in [0.29, 0.717) is 11.6 Å². The van der Waals surface area contributed by atoms with E-state index in [1.807, 2.05) is 37.4 Å². The third kappa shape index (κ3) is 6.44. The molecular formula is C21H27ClIN7O. The zero-order valence-corrected chi connectivity index (χ0v) is 20.5. The van der Waals surface area contributed by atoms with E-state index in [4.69, 9.17) is 16.0 Å². The van der Waals surface area contributed by atoms with Gasteiger partial charge in [0.1, 0.15) is 5.82 Å². The third-order valence-corrected chi connectivity index (χ3v) is 5.33. The van der Waals surface area contributed by atoms with Gasteiger partial charge in [0.15, 0.2) is 11.7 Å². The average Bonchev–Trinajstić information content (AvgIpc) is 3.44. The largest absolute Gasteiger partial charge is 0.461 e. The van der Waals surface area contributed by atoms with Gasteiger partial charge in [0, 0.05) is 57.8 Å². The first kappa shape index (κ1) is 23.6. The predicted molar refractivity (Wildman–Crippen MR) is 133 cm³/mol. The molecule has 1 aliphatic rings. The maximum atomic E-state index is 6.10. The standard InChI is InChI=1S/C21H26ClN7O.HI/c1-23-21(24-8-7-19-25-20(27-26-19)18-6-3-13-30-18)29-11-9-28(10-12-29)15-16-4-2-5-17(22)14-16;/h2-6,13-14H,7-12,15H2,1H3,(H,23,24)(H,25,26,27);1H. The number of halogens is 2. The van der Waals surface area contributed by atoms with Crippen LogP contribution in [0.5, 0.6) is 0 Å². The van der Waals surface area contributed by atoms with E-state index in [0.717, 1.165) is 62.5 Å². The molecule has 0 unspecified atom stereocenters. The second-order valence-corrected chi connectivity index (χ2v) is 7.64. The lowest BCUT2D eigenvalue weighted by molar-refractivity contribution is 0.172. The molecule has 0 bridgehead atoms. The van der Waals surface area contributed by atoms with Gasteiger partial charge in [0.25, 0.3) is 0 Å². The van der Waals surface area contributed by atoms with Crippen LogP contribution in [0, 0.1) is 0 Å². The van der Waals surface area contributed by atoms with E-state index >= 15 is 0 Å². The molecule has 1 aliphatic heterocycles. The van der Waals surface area contributed by atoms with E-state index < -0.39 is 0 Å². The summed E-state index contributed by atoms with van der Waals surface area (Å²) in [4.78, 5) is 13.7. The number of aliphatic imine (C=N–C) groups is 1. The zero-order chi connectivity index (χ0) is 20.8. The fraction of sp³-hybridized carbons (Fsp3) is 0.381. The van der Waals surface area contributed by atoms with Gasteiger partial charge in [-0.25, -0.2) is 4.98 Å². The van der Waals surface area contributed by atoms with Crippen molar-refractivity contribution in [2.24, 2.45) is 4.99 Å². The number of hydrogen-bond donors (Lipinski definition) is 2. The lowest BCUT2D eigenvalue weighted by Crippen LogP contribution is -2.52. The van der Waals surface area contributed by atoms with Crippen LogP contribution in [-0.2, 0) is 13.0 Å². The summed E-state index contributed by atoms with van der Waals surface area (Å²) in [6, 6.07) is 11.8. The minimum absolute atomic E-state index is 0. The molecule has 0 spiro atoms. The van der Waals surface area contributed by atoms with Crippen LogP contribution < -0.4 is 5.32 Å². The number of aromatic amines is 1. The van der Waals surface area contributed by atoms with Gasteiger partial charge in [-0.3, -0.25) is 15.0 Å². The number of aromatic nitrogens is 3. The molecular weight excluding hydrogens is 529 g/mol. The van der Waals surface area contributed by atoms with Crippen LogP contribution >= 0.6 is 35.6 Å². The van der Waals surface area contributed by atoms with Gasteiger partial charge in [-0.05, 0) is 29.8 Å². The zero-order valence-electron chi connectivity index (χ0n) is 17.4. The van der Waals surface area contributed by atoms with Gasteiger partial charge in [-0.15, -0.1) is 24.0 Å². The number of H-pyrrole nitrogens is 1. The topological polar surface area (TPSA) is 85.6 Å². The molecule has 1 fully saturated rings. The summed E-state index contributed by atoms with van der Waals surface area (Å²) < 4.78 is 5.33. The summed E-state index contributed by atoms with van der Waals surface area (Å²) in [6.07, 6.45) is 2.34. The molecule has 2 aromatic heterocycles. The predicted octanol–water partition coefficient (Wildman–Crippen LogP) is 3.27. The normalized spacial score (nSPS) is 15.0. The molecule has 166 valence electrons. The fourth-order valence-electron chi connectivity index (χ4n) is 3.56. The molecule has 2 N–H and O–H groups in total. The van der Waals surface area contributed by atoms with Crippen molar-refractivity contribution < 1.29 is 4.42 Å². The first-order valence-corrected chi connectivity index (χ1v) is 10.5. The van der Waals surface area contributed by atoms with Gasteiger partial charge in [0.2, 0.25) is 5.82 Å². The lowest BCUT2D eigenvalue weighted by Gasteiger charge is -2.36. The van der Waals surface area contributed by atoms with Gasteiger partial charge in [-0.2, -0.15) is 5.10 Å². The van der Waals surface area contributed by atoms with Crippen LogP contribution in [0.15, 0.2) is 52.1 Å². The summed E-state index contributed by atoms with van der Waals surface area (Å²) in [5.41, 5.74) is 1.25. The second-order valence-electron chi connectivity index (χ2n) is 7.20. The summed E-state index contributed by atoms with van der Waals surface area (Å²) >= 11 is 6.10. The Morgan fingerprint density at radius 1 is 1.23 bits per heavy atom. The van der Waals surface area contributed by atoms with Crippen molar-refractivity contribution in [3.63, 3.8) is 0 Å². The molecule has 3 heterocycles. The highest BCUT2D eigenvalue weighted by molar-refractivity contribution is 14.0. The molecule has 1 saturated heterocycles. The average molecular weight is 556 g/mol. The number of piperazine rings is 1. The highest BCUT2D eigenvalue weighted by Gasteiger charge is 2.19. The van der Waals surface area contributed by atoms with Gasteiger partial charge < -0.3 is 14.6 Å². The van der Waals surface area contributed by atoms with Crippen LogP contribution in [0.2, 0.25) is 5.02 Å². The monoisotopic (exact) mass is 555 g/mol. The van der Waals surface area contributed by atoms with E-state index in [9.17, 15) is 0 Å². The summed E-state index contributed by atoms with van der Waals surface area (Å²) in [5.74, 6) is 2.98. The van der Waals surface area contributed by atoms with Crippen molar-refractivity contribution in [3.05, 3.63) is 59.1 Å². The molecule has 3 aromatic rings. The third-order valence-electron chi connectivity index (χ3n) is 5.10. The molecule has 4 rings (SSSR count). The Kier molecular flexibility index (Phi) is 8.73. The smallest absolute Gasteiger partial charge is 0.216 e. The molecule has 31 heavy (non-hydrogen) atoms. The minimum atomic E-state index is 0. The van der Waals surface area contributed by atoms with Crippen LogP contribution in [0.1, 0.15) is 11.4 Å². The van der Waals surface area contributed by atoms with E-state index in [1.165, 1.54) is 5.56 Å². The summed E-state index contributed by atoms with van der Waals surface area (Å²) in [5, 5.41) is 11.4. The van der Waals surface area contributed by atoms with Crippen LogP contribution in [-0.4, -0.2) is 70.7 Å². The highest BCUT2D eigenvalue weighted by Crippen LogP contribution is 2.15. The number of nitrogens with zero attached hydrogens (tertiary/aromatic N) is 5. The van der Waals surface area contributed by atoms with Gasteiger partial charge in [0.05, 0.1) is 6.26 Å².